The molecule has 11 heteroatoms. The third-order valence-electron chi connectivity index (χ3n) is 6.17. The summed E-state index contributed by atoms with van der Waals surface area (Å²) in [6, 6.07) is 4.56. The van der Waals surface area contributed by atoms with E-state index in [1.807, 2.05) is 6.07 Å². The Bertz CT molecular complexity index is 1220. The molecule has 2 aliphatic rings. The van der Waals surface area contributed by atoms with Crippen LogP contribution in [0.5, 0.6) is 0 Å². The third-order valence-corrected chi connectivity index (χ3v) is 6.17. The first kappa shape index (κ1) is 22.5. The summed E-state index contributed by atoms with van der Waals surface area (Å²) < 4.78 is 61.4. The van der Waals surface area contributed by atoms with Crippen molar-refractivity contribution in [1.82, 2.24) is 24.6 Å². The molecule has 1 fully saturated rings. The molecule has 2 aliphatic heterocycles. The monoisotopic (exact) mass is 475 g/mol. The second-order valence-corrected chi connectivity index (χ2v) is 8.27. The summed E-state index contributed by atoms with van der Waals surface area (Å²) in [5, 5.41) is 4.42. The largest absolute Gasteiger partial charge is 0.419 e. The Labute approximate surface area is 192 Å². The molecule has 4 heterocycles. The molecule has 5 rings (SSSR count). The van der Waals surface area contributed by atoms with Gasteiger partial charge in [-0.05, 0) is 43.9 Å². The fourth-order valence-corrected chi connectivity index (χ4v) is 4.48. The summed E-state index contributed by atoms with van der Waals surface area (Å²) in [5.74, 6) is -2.37. The van der Waals surface area contributed by atoms with Crippen LogP contribution in [0.2, 0.25) is 0 Å². The highest BCUT2D eigenvalue weighted by Gasteiger charge is 2.37. The van der Waals surface area contributed by atoms with Crippen molar-refractivity contribution in [2.45, 2.75) is 44.6 Å². The minimum absolute atomic E-state index is 0.0352. The van der Waals surface area contributed by atoms with Crippen LogP contribution in [0.4, 0.5) is 17.6 Å². The molecule has 2 aromatic heterocycles. The second-order valence-electron chi connectivity index (χ2n) is 8.27. The van der Waals surface area contributed by atoms with Gasteiger partial charge in [-0.2, -0.15) is 18.3 Å². The number of carbonyl (C=O) groups excluding carboxylic acids is 1. The fraction of sp³-hybridized carbons (Fsp3) is 0.391. The molecule has 1 amide bonds. The fourth-order valence-electron chi connectivity index (χ4n) is 4.48. The molecule has 1 atom stereocenters. The maximum Gasteiger partial charge on any atom is 0.419 e. The predicted molar refractivity (Wildman–Crippen MR) is 112 cm³/mol. The van der Waals surface area contributed by atoms with Crippen LogP contribution < -0.4 is 0 Å². The minimum atomic E-state index is -4.89. The molecular weight excluding hydrogens is 454 g/mol. The molecule has 3 aromatic rings. The Kier molecular flexibility index (Phi) is 5.80. The lowest BCUT2D eigenvalue weighted by Gasteiger charge is -2.30. The quantitative estimate of drug-likeness (QED) is 0.526. The summed E-state index contributed by atoms with van der Waals surface area (Å²) in [6.45, 7) is 0.887. The van der Waals surface area contributed by atoms with Gasteiger partial charge in [0.1, 0.15) is 12.1 Å². The van der Waals surface area contributed by atoms with Crippen molar-refractivity contribution in [2.24, 2.45) is 0 Å². The van der Waals surface area contributed by atoms with E-state index >= 15 is 0 Å². The van der Waals surface area contributed by atoms with Crippen LogP contribution in [-0.2, 0) is 23.9 Å². The number of carbonyl (C=O) groups is 1. The molecular formula is C23H21F4N5O2. The minimum Gasteiger partial charge on any atom is -0.356 e. The van der Waals surface area contributed by atoms with E-state index in [0.29, 0.717) is 30.5 Å². The van der Waals surface area contributed by atoms with Crippen molar-refractivity contribution < 1.29 is 27.1 Å². The molecule has 7 nitrogen and oxygen atoms in total. The summed E-state index contributed by atoms with van der Waals surface area (Å²) in [4.78, 5) is 23.0. The molecule has 0 radical (unpaired) electrons. The summed E-state index contributed by atoms with van der Waals surface area (Å²) in [5.41, 5.74) is 0.768. The maximum atomic E-state index is 14.5. The van der Waals surface area contributed by atoms with Crippen LogP contribution in [0.15, 0.2) is 36.8 Å². The van der Waals surface area contributed by atoms with Gasteiger partial charge in [-0.25, -0.2) is 19.0 Å². The van der Waals surface area contributed by atoms with Gasteiger partial charge in [-0.1, -0.05) is 6.07 Å². The van der Waals surface area contributed by atoms with Crippen LogP contribution in [0.1, 0.15) is 52.7 Å². The van der Waals surface area contributed by atoms with E-state index in [0.717, 1.165) is 42.7 Å². The summed E-state index contributed by atoms with van der Waals surface area (Å²) in [6.07, 6.45) is 1.24. The lowest BCUT2D eigenvalue weighted by molar-refractivity contribution is -0.140. The number of fused-ring (bicyclic) bond motifs is 1. The molecule has 178 valence electrons. The number of hydrogen-bond acceptors (Lipinski definition) is 5. The Balaban J connectivity index is 1.43. The average Bonchev–Trinajstić information content (AvgIpc) is 3.32. The standard InChI is InChI=1S/C23H21F4N5O2/c24-20-15(4-3-5-16(20)23(25,26)27)22(33)31-10-8-14-17(12-31)28-13-29-21(14)18-7-9-30-32(18)19-6-1-2-11-34-19/h3-5,7,9,13,19H,1-2,6,8,10-12H2. The van der Waals surface area contributed by atoms with Crippen LogP contribution in [0, 0.1) is 5.82 Å². The zero-order valence-electron chi connectivity index (χ0n) is 18.1. The number of halogens is 4. The van der Waals surface area contributed by atoms with Crippen LogP contribution >= 0.6 is 0 Å². The van der Waals surface area contributed by atoms with Crippen molar-refractivity contribution in [3.63, 3.8) is 0 Å². The summed E-state index contributed by atoms with van der Waals surface area (Å²) >= 11 is 0. The molecule has 1 saturated heterocycles. The molecule has 34 heavy (non-hydrogen) atoms. The van der Waals surface area contributed by atoms with E-state index in [1.54, 1.807) is 10.9 Å². The van der Waals surface area contributed by atoms with Gasteiger partial charge >= 0.3 is 6.18 Å². The van der Waals surface area contributed by atoms with Crippen molar-refractivity contribution in [3.8, 4) is 11.4 Å². The van der Waals surface area contributed by atoms with Gasteiger partial charge in [0, 0.05) is 24.9 Å². The lowest BCUT2D eigenvalue weighted by Crippen LogP contribution is -2.37. The Morgan fingerprint density at radius 3 is 2.76 bits per heavy atom. The van der Waals surface area contributed by atoms with Gasteiger partial charge in [0.05, 0.1) is 34.8 Å². The zero-order valence-corrected chi connectivity index (χ0v) is 18.1. The molecule has 0 N–H and O–H groups in total. The number of nitrogens with zero attached hydrogens (tertiary/aromatic N) is 5. The molecule has 0 aliphatic carbocycles. The maximum absolute atomic E-state index is 14.5. The Morgan fingerprint density at radius 2 is 2.00 bits per heavy atom. The highest BCUT2D eigenvalue weighted by Crippen LogP contribution is 2.34. The number of ether oxygens (including phenoxy) is 1. The number of benzene rings is 1. The van der Waals surface area contributed by atoms with E-state index in [4.69, 9.17) is 4.74 Å². The van der Waals surface area contributed by atoms with E-state index < -0.39 is 29.0 Å². The highest BCUT2D eigenvalue weighted by molar-refractivity contribution is 5.95. The summed E-state index contributed by atoms with van der Waals surface area (Å²) in [7, 11) is 0. The van der Waals surface area contributed by atoms with Crippen LogP contribution in [0.3, 0.4) is 0 Å². The van der Waals surface area contributed by atoms with E-state index in [1.165, 1.54) is 11.2 Å². The number of aromatic nitrogens is 4. The molecule has 1 unspecified atom stereocenters. The molecule has 0 bridgehead atoms. The van der Waals surface area contributed by atoms with Gasteiger partial charge in [-0.15, -0.1) is 0 Å². The van der Waals surface area contributed by atoms with Gasteiger partial charge in [0.2, 0.25) is 0 Å². The van der Waals surface area contributed by atoms with Gasteiger partial charge < -0.3 is 9.64 Å². The van der Waals surface area contributed by atoms with Crippen LogP contribution in [0.25, 0.3) is 11.4 Å². The second kappa shape index (κ2) is 8.79. The first-order chi connectivity index (χ1) is 16.3. The Hall–Kier alpha value is -3.34. The topological polar surface area (TPSA) is 73.1 Å². The number of rotatable bonds is 3. The van der Waals surface area contributed by atoms with E-state index in [9.17, 15) is 22.4 Å². The highest BCUT2D eigenvalue weighted by atomic mass is 19.4. The first-order valence-corrected chi connectivity index (χ1v) is 11.0. The smallest absolute Gasteiger partial charge is 0.356 e. The molecule has 0 saturated carbocycles. The average molecular weight is 475 g/mol. The molecule has 1 aromatic carbocycles. The number of hydrogen-bond donors (Lipinski definition) is 0. The van der Waals surface area contributed by atoms with Gasteiger partial charge in [-0.3, -0.25) is 4.79 Å². The van der Waals surface area contributed by atoms with Gasteiger partial charge in [0.15, 0.2) is 6.23 Å². The lowest BCUT2D eigenvalue weighted by atomic mass is 9.99. The number of amides is 1. The van der Waals surface area contributed by atoms with Crippen LogP contribution in [-0.4, -0.2) is 43.7 Å². The third kappa shape index (κ3) is 4.04. The predicted octanol–water partition coefficient (Wildman–Crippen LogP) is 4.40. The van der Waals surface area contributed by atoms with Crippen molar-refractivity contribution >= 4 is 5.91 Å². The van der Waals surface area contributed by atoms with E-state index in [-0.39, 0.29) is 19.3 Å². The van der Waals surface area contributed by atoms with E-state index in [2.05, 4.69) is 15.1 Å². The van der Waals surface area contributed by atoms with Crippen molar-refractivity contribution in [2.75, 3.05) is 13.2 Å². The Morgan fingerprint density at radius 1 is 1.15 bits per heavy atom. The molecule has 0 spiro atoms. The van der Waals surface area contributed by atoms with Gasteiger partial charge in [0.25, 0.3) is 5.91 Å². The number of alkyl halides is 3. The SMILES string of the molecule is O=C(c1cccc(C(F)(F)F)c1F)N1CCc2c(ncnc2-c2ccnn2C2CCCCO2)C1. The van der Waals surface area contributed by atoms with Crippen molar-refractivity contribution in [3.05, 3.63) is 65.0 Å². The zero-order chi connectivity index (χ0) is 23.9. The first-order valence-electron chi connectivity index (χ1n) is 11.0. The van der Waals surface area contributed by atoms with Crippen molar-refractivity contribution in [1.29, 1.82) is 0 Å². The normalized spacial score (nSPS) is 18.6.